The van der Waals surface area contributed by atoms with Gasteiger partial charge in [-0.2, -0.15) is 21.6 Å². The van der Waals surface area contributed by atoms with Gasteiger partial charge in [-0.25, -0.2) is 4.79 Å². The average molecular weight is 262 g/mol. The van der Waals surface area contributed by atoms with E-state index in [0.717, 1.165) is 6.92 Å². The van der Waals surface area contributed by atoms with Crippen LogP contribution in [0.25, 0.3) is 0 Å². The molecule has 0 unspecified atom stereocenters. The first-order chi connectivity index (χ1) is 7.10. The summed E-state index contributed by atoms with van der Waals surface area (Å²) in [5, 5.41) is 0. The fourth-order valence-corrected chi connectivity index (χ4v) is 1.08. The van der Waals surface area contributed by atoms with E-state index in [1.54, 1.807) is 0 Å². The van der Waals surface area contributed by atoms with Crippen molar-refractivity contribution in [2.45, 2.75) is 19.4 Å². The number of hydrogen-bond acceptors (Lipinski definition) is 5. The number of allylic oxidation sites excluding steroid dienone is 1. The van der Waals surface area contributed by atoms with Crippen LogP contribution in [0.2, 0.25) is 0 Å². The van der Waals surface area contributed by atoms with Gasteiger partial charge in [0, 0.05) is 0 Å². The van der Waals surface area contributed by atoms with E-state index in [-0.39, 0.29) is 6.61 Å². The van der Waals surface area contributed by atoms with Gasteiger partial charge in [0.25, 0.3) is 0 Å². The van der Waals surface area contributed by atoms with Gasteiger partial charge < -0.3 is 8.92 Å². The number of carbonyl (C=O) groups is 1. The quantitative estimate of drug-likeness (QED) is 0.251. The SMILES string of the molecule is CCOC(=O)C=C(C)OS(=O)(=O)C(F)(F)F. The van der Waals surface area contributed by atoms with Gasteiger partial charge in [0.2, 0.25) is 0 Å². The molecular formula is C7H9F3O5S. The lowest BCUT2D eigenvalue weighted by Crippen LogP contribution is -2.25. The minimum absolute atomic E-state index is 0.00857. The van der Waals surface area contributed by atoms with Crippen LogP contribution in [0, 0.1) is 0 Å². The molecule has 0 saturated carbocycles. The van der Waals surface area contributed by atoms with Crippen molar-refractivity contribution in [2.75, 3.05) is 6.61 Å². The van der Waals surface area contributed by atoms with Crippen LogP contribution in [0.3, 0.4) is 0 Å². The van der Waals surface area contributed by atoms with Gasteiger partial charge in [0.15, 0.2) is 0 Å². The third-order valence-corrected chi connectivity index (χ3v) is 2.18. The molecule has 94 valence electrons. The highest BCUT2D eigenvalue weighted by Gasteiger charge is 2.48. The van der Waals surface area contributed by atoms with Crippen LogP contribution in [-0.2, 0) is 23.8 Å². The number of alkyl halides is 3. The summed E-state index contributed by atoms with van der Waals surface area (Å²) in [6.07, 6.45) is 0.507. The molecule has 0 fully saturated rings. The minimum Gasteiger partial charge on any atom is -0.463 e. The summed E-state index contributed by atoms with van der Waals surface area (Å²) in [6.45, 7) is 2.38. The molecule has 5 nitrogen and oxygen atoms in total. The number of carbonyl (C=O) groups excluding carboxylic acids is 1. The molecule has 0 rings (SSSR count). The molecule has 0 amide bonds. The molecule has 0 aromatic rings. The van der Waals surface area contributed by atoms with E-state index < -0.39 is 27.4 Å². The molecule has 0 aliphatic carbocycles. The molecule has 0 saturated heterocycles. The standard InChI is InChI=1S/C7H9F3O5S/c1-3-14-6(11)4-5(2)15-16(12,13)7(8,9)10/h4H,3H2,1-2H3. The maximum Gasteiger partial charge on any atom is 0.534 e. The Morgan fingerprint density at radius 3 is 2.25 bits per heavy atom. The van der Waals surface area contributed by atoms with Gasteiger partial charge in [-0.1, -0.05) is 0 Å². The van der Waals surface area contributed by atoms with Crippen molar-refractivity contribution in [2.24, 2.45) is 0 Å². The summed E-state index contributed by atoms with van der Waals surface area (Å²) in [6, 6.07) is 0. The van der Waals surface area contributed by atoms with Crippen molar-refractivity contribution >= 4 is 16.1 Å². The van der Waals surface area contributed by atoms with E-state index in [4.69, 9.17) is 0 Å². The van der Waals surface area contributed by atoms with Gasteiger partial charge in [-0.05, 0) is 13.8 Å². The molecule has 0 atom stereocenters. The molecule has 0 spiro atoms. The summed E-state index contributed by atoms with van der Waals surface area (Å²) in [5.41, 5.74) is -5.53. The maximum atomic E-state index is 11.8. The van der Waals surface area contributed by atoms with Crippen LogP contribution in [0.5, 0.6) is 0 Å². The van der Waals surface area contributed by atoms with E-state index in [2.05, 4.69) is 8.92 Å². The Kier molecular flexibility index (Phi) is 4.79. The van der Waals surface area contributed by atoms with E-state index >= 15 is 0 Å². The molecule has 0 aliphatic heterocycles. The predicted octanol–water partition coefficient (Wildman–Crippen LogP) is 1.32. The minimum atomic E-state index is -5.73. The zero-order chi connectivity index (χ0) is 13.0. The fraction of sp³-hybridized carbons (Fsp3) is 0.571. The topological polar surface area (TPSA) is 69.7 Å². The van der Waals surface area contributed by atoms with Gasteiger partial charge in [-0.3, -0.25) is 0 Å². The lowest BCUT2D eigenvalue weighted by molar-refractivity contribution is -0.137. The Morgan fingerprint density at radius 2 is 1.88 bits per heavy atom. The van der Waals surface area contributed by atoms with E-state index in [1.807, 2.05) is 0 Å². The average Bonchev–Trinajstić information content (AvgIpc) is 1.99. The zero-order valence-corrected chi connectivity index (χ0v) is 9.18. The van der Waals surface area contributed by atoms with Crippen molar-refractivity contribution in [3.05, 3.63) is 11.8 Å². The molecule has 0 aromatic heterocycles. The second-order valence-electron chi connectivity index (χ2n) is 2.49. The normalized spacial score (nSPS) is 13.4. The number of ether oxygens (including phenoxy) is 1. The molecular weight excluding hydrogens is 253 g/mol. The molecule has 16 heavy (non-hydrogen) atoms. The van der Waals surface area contributed by atoms with E-state index in [1.165, 1.54) is 6.92 Å². The van der Waals surface area contributed by atoms with Crippen molar-refractivity contribution in [1.29, 1.82) is 0 Å². The molecule has 0 N–H and O–H groups in total. The summed E-state index contributed by atoms with van der Waals surface area (Å²) in [4.78, 5) is 10.7. The molecule has 0 radical (unpaired) electrons. The number of hydrogen-bond donors (Lipinski definition) is 0. The largest absolute Gasteiger partial charge is 0.534 e. The summed E-state index contributed by atoms with van der Waals surface area (Å²) < 4.78 is 64.4. The number of esters is 1. The molecule has 9 heteroatoms. The van der Waals surface area contributed by atoms with E-state index in [0.29, 0.717) is 6.08 Å². The van der Waals surface area contributed by atoms with E-state index in [9.17, 15) is 26.4 Å². The first-order valence-corrected chi connectivity index (χ1v) is 5.36. The van der Waals surface area contributed by atoms with Gasteiger partial charge >= 0.3 is 21.6 Å². The Hall–Kier alpha value is -1.25. The lowest BCUT2D eigenvalue weighted by atomic mass is 10.5. The first kappa shape index (κ1) is 14.8. The third-order valence-electron chi connectivity index (χ3n) is 1.13. The van der Waals surface area contributed by atoms with Crippen molar-refractivity contribution < 1.29 is 35.3 Å². The second kappa shape index (κ2) is 5.19. The van der Waals surface area contributed by atoms with Crippen molar-refractivity contribution in [3.8, 4) is 0 Å². The third kappa shape index (κ3) is 4.51. The Morgan fingerprint density at radius 1 is 1.38 bits per heavy atom. The van der Waals surface area contributed by atoms with Gasteiger partial charge in [0.05, 0.1) is 12.7 Å². The summed E-state index contributed by atoms with van der Waals surface area (Å²) in [5.74, 6) is -1.71. The van der Waals surface area contributed by atoms with Gasteiger partial charge in [-0.15, -0.1) is 0 Å². The summed E-state index contributed by atoms with van der Waals surface area (Å²) in [7, 11) is -5.73. The highest BCUT2D eigenvalue weighted by atomic mass is 32.2. The summed E-state index contributed by atoms with van der Waals surface area (Å²) >= 11 is 0. The Bertz CT molecular complexity index is 381. The van der Waals surface area contributed by atoms with Crippen LogP contribution < -0.4 is 0 Å². The maximum absolute atomic E-state index is 11.8. The monoisotopic (exact) mass is 262 g/mol. The predicted molar refractivity (Wildman–Crippen MR) is 46.4 cm³/mol. The lowest BCUT2D eigenvalue weighted by Gasteiger charge is -2.09. The van der Waals surface area contributed by atoms with Crippen molar-refractivity contribution in [3.63, 3.8) is 0 Å². The van der Waals surface area contributed by atoms with Crippen LogP contribution in [-0.4, -0.2) is 26.5 Å². The fourth-order valence-electron chi connectivity index (χ4n) is 0.594. The number of rotatable bonds is 4. The Balaban J connectivity index is 4.70. The van der Waals surface area contributed by atoms with Crippen LogP contribution in [0.4, 0.5) is 13.2 Å². The smallest absolute Gasteiger partial charge is 0.463 e. The van der Waals surface area contributed by atoms with Crippen LogP contribution in [0.15, 0.2) is 11.8 Å². The molecule has 0 bridgehead atoms. The highest BCUT2D eigenvalue weighted by Crippen LogP contribution is 2.26. The van der Waals surface area contributed by atoms with Gasteiger partial charge in [0.1, 0.15) is 5.76 Å². The second-order valence-corrected chi connectivity index (χ2v) is 4.03. The first-order valence-electron chi connectivity index (χ1n) is 3.96. The van der Waals surface area contributed by atoms with Crippen LogP contribution in [0.1, 0.15) is 13.8 Å². The molecule has 0 aromatic carbocycles. The van der Waals surface area contributed by atoms with Crippen LogP contribution >= 0.6 is 0 Å². The zero-order valence-electron chi connectivity index (χ0n) is 8.37. The Labute approximate surface area is 90.0 Å². The van der Waals surface area contributed by atoms with Crippen molar-refractivity contribution in [1.82, 2.24) is 0 Å². The molecule has 0 heterocycles. The molecule has 0 aliphatic rings. The number of halogens is 3. The highest BCUT2D eigenvalue weighted by molar-refractivity contribution is 7.87.